The van der Waals surface area contributed by atoms with Gasteiger partial charge in [-0.15, -0.1) is 5.10 Å². The smallest absolute Gasteiger partial charge is 0.157 e. The molecule has 1 aromatic heterocycles. The van der Waals surface area contributed by atoms with Gasteiger partial charge in [0.05, 0.1) is 16.4 Å². The first-order valence-electron chi connectivity index (χ1n) is 7.71. The predicted molar refractivity (Wildman–Crippen MR) is 93.7 cm³/mol. The first kappa shape index (κ1) is 14.3. The van der Waals surface area contributed by atoms with Crippen LogP contribution in [0.3, 0.4) is 0 Å². The van der Waals surface area contributed by atoms with Gasteiger partial charge in [0.15, 0.2) is 5.82 Å². The minimum absolute atomic E-state index is 0.711. The van der Waals surface area contributed by atoms with Crippen LogP contribution in [0.5, 0.6) is 0 Å². The highest BCUT2D eigenvalue weighted by Crippen LogP contribution is 2.30. The van der Waals surface area contributed by atoms with Crippen LogP contribution in [0, 0.1) is 0 Å². The molecule has 4 rings (SSSR count). The number of benzene rings is 2. The molecule has 116 valence electrons. The van der Waals surface area contributed by atoms with Crippen molar-refractivity contribution in [1.82, 2.24) is 15.1 Å². The van der Waals surface area contributed by atoms with E-state index in [0.717, 1.165) is 36.7 Å². The van der Waals surface area contributed by atoms with E-state index in [0.29, 0.717) is 5.02 Å². The summed E-state index contributed by atoms with van der Waals surface area (Å²) < 4.78 is 1.98. The van der Waals surface area contributed by atoms with Gasteiger partial charge in [0.25, 0.3) is 0 Å². The second kappa shape index (κ2) is 6.07. The van der Waals surface area contributed by atoms with Crippen molar-refractivity contribution in [1.29, 1.82) is 0 Å². The van der Waals surface area contributed by atoms with Crippen LogP contribution < -0.4 is 10.6 Å². The summed E-state index contributed by atoms with van der Waals surface area (Å²) in [5.41, 5.74) is 4.38. The number of nitrogens with zero attached hydrogens (tertiary/aromatic N) is 2. The Morgan fingerprint density at radius 3 is 2.65 bits per heavy atom. The lowest BCUT2D eigenvalue weighted by Crippen LogP contribution is -2.24. The monoisotopic (exact) mass is 324 g/mol. The Kier molecular flexibility index (Phi) is 3.77. The Morgan fingerprint density at radius 1 is 1.04 bits per heavy atom. The molecule has 0 fully saturated rings. The molecular weight excluding hydrogens is 308 g/mol. The average Bonchev–Trinajstić information content (AvgIpc) is 2.95. The zero-order valence-electron chi connectivity index (χ0n) is 12.6. The largest absolute Gasteiger partial charge is 0.338 e. The van der Waals surface area contributed by atoms with Crippen molar-refractivity contribution in [3.05, 3.63) is 70.9 Å². The van der Waals surface area contributed by atoms with Crippen molar-refractivity contribution in [3.8, 4) is 5.69 Å². The number of rotatable bonds is 3. The molecule has 23 heavy (non-hydrogen) atoms. The SMILES string of the molecule is Clc1ccccc1-n1nc(Nc2ccccc2)c2c1CCNC2. The van der Waals surface area contributed by atoms with Gasteiger partial charge in [-0.05, 0) is 24.3 Å². The summed E-state index contributed by atoms with van der Waals surface area (Å²) in [6.45, 7) is 1.77. The lowest BCUT2D eigenvalue weighted by molar-refractivity contribution is 0.623. The normalized spacial score (nSPS) is 13.6. The molecule has 1 aliphatic rings. The summed E-state index contributed by atoms with van der Waals surface area (Å²) in [5.74, 6) is 0.887. The number of aromatic nitrogens is 2. The molecule has 0 amide bonds. The molecular formula is C18H17ClN4. The topological polar surface area (TPSA) is 41.9 Å². The van der Waals surface area contributed by atoms with Gasteiger partial charge in [-0.2, -0.15) is 0 Å². The summed E-state index contributed by atoms with van der Waals surface area (Å²) in [6, 6.07) is 17.9. The summed E-state index contributed by atoms with van der Waals surface area (Å²) >= 11 is 6.37. The molecule has 4 nitrogen and oxygen atoms in total. The molecule has 0 saturated heterocycles. The van der Waals surface area contributed by atoms with E-state index in [4.69, 9.17) is 16.7 Å². The van der Waals surface area contributed by atoms with Crippen molar-refractivity contribution in [3.63, 3.8) is 0 Å². The zero-order valence-corrected chi connectivity index (χ0v) is 13.3. The van der Waals surface area contributed by atoms with E-state index >= 15 is 0 Å². The number of hydrogen-bond donors (Lipinski definition) is 2. The standard InChI is InChI=1S/C18H17ClN4/c19-15-8-4-5-9-17(15)23-16-10-11-20-12-14(16)18(22-23)21-13-6-2-1-3-7-13/h1-9,20H,10-12H2,(H,21,22). The molecule has 1 aliphatic heterocycles. The van der Waals surface area contributed by atoms with Gasteiger partial charge >= 0.3 is 0 Å². The van der Waals surface area contributed by atoms with Crippen LogP contribution in [0.2, 0.25) is 5.02 Å². The van der Waals surface area contributed by atoms with E-state index in [2.05, 4.69) is 10.6 Å². The molecule has 2 heterocycles. The number of nitrogens with one attached hydrogen (secondary N) is 2. The predicted octanol–water partition coefficient (Wildman–Crippen LogP) is 3.92. The quantitative estimate of drug-likeness (QED) is 0.767. The molecule has 0 bridgehead atoms. The van der Waals surface area contributed by atoms with Crippen LogP contribution >= 0.6 is 11.6 Å². The molecule has 0 radical (unpaired) electrons. The molecule has 0 saturated carbocycles. The molecule has 3 aromatic rings. The minimum Gasteiger partial charge on any atom is -0.338 e. The Hall–Kier alpha value is -2.30. The van der Waals surface area contributed by atoms with Crippen LogP contribution in [0.4, 0.5) is 11.5 Å². The highest BCUT2D eigenvalue weighted by molar-refractivity contribution is 6.32. The van der Waals surface area contributed by atoms with Gasteiger partial charge in [-0.3, -0.25) is 0 Å². The lowest BCUT2D eigenvalue weighted by Gasteiger charge is -2.16. The maximum atomic E-state index is 6.37. The Balaban J connectivity index is 1.80. The molecule has 0 spiro atoms. The third-order valence-electron chi connectivity index (χ3n) is 4.05. The van der Waals surface area contributed by atoms with E-state index in [1.165, 1.54) is 11.3 Å². The van der Waals surface area contributed by atoms with Gasteiger partial charge in [0.1, 0.15) is 0 Å². The fourth-order valence-corrected chi connectivity index (χ4v) is 3.15. The third-order valence-corrected chi connectivity index (χ3v) is 4.37. The number of para-hydroxylation sites is 2. The molecule has 2 N–H and O–H groups in total. The maximum absolute atomic E-state index is 6.37. The van der Waals surface area contributed by atoms with Crippen LogP contribution in [0.25, 0.3) is 5.69 Å². The van der Waals surface area contributed by atoms with Crippen molar-refractivity contribution in [2.45, 2.75) is 13.0 Å². The molecule has 5 heteroatoms. The first-order chi connectivity index (χ1) is 11.3. The van der Waals surface area contributed by atoms with Crippen LogP contribution in [-0.4, -0.2) is 16.3 Å². The highest BCUT2D eigenvalue weighted by Gasteiger charge is 2.22. The average molecular weight is 325 g/mol. The summed E-state index contributed by atoms with van der Waals surface area (Å²) in [7, 11) is 0. The number of anilines is 2. The van der Waals surface area contributed by atoms with Crippen molar-refractivity contribution >= 4 is 23.1 Å². The Labute approximate surface area is 140 Å². The van der Waals surface area contributed by atoms with E-state index in [1.54, 1.807) is 0 Å². The van der Waals surface area contributed by atoms with E-state index in [1.807, 2.05) is 59.3 Å². The van der Waals surface area contributed by atoms with Gasteiger partial charge < -0.3 is 10.6 Å². The second-order valence-electron chi connectivity index (χ2n) is 5.55. The van der Waals surface area contributed by atoms with E-state index < -0.39 is 0 Å². The third kappa shape index (κ3) is 2.71. The van der Waals surface area contributed by atoms with Gasteiger partial charge in [-0.1, -0.05) is 41.9 Å². The summed E-state index contributed by atoms with van der Waals surface area (Å²) in [6.07, 6.45) is 0.935. The van der Waals surface area contributed by atoms with Crippen molar-refractivity contribution in [2.75, 3.05) is 11.9 Å². The van der Waals surface area contributed by atoms with Gasteiger partial charge in [0, 0.05) is 30.8 Å². The number of hydrogen-bond acceptors (Lipinski definition) is 3. The summed E-state index contributed by atoms with van der Waals surface area (Å²) in [4.78, 5) is 0. The fourth-order valence-electron chi connectivity index (χ4n) is 2.93. The minimum atomic E-state index is 0.711. The summed E-state index contributed by atoms with van der Waals surface area (Å²) in [5, 5.41) is 12.4. The highest BCUT2D eigenvalue weighted by atomic mass is 35.5. The van der Waals surface area contributed by atoms with Crippen molar-refractivity contribution < 1.29 is 0 Å². The fraction of sp³-hybridized carbons (Fsp3) is 0.167. The molecule has 0 atom stereocenters. The Bertz CT molecular complexity index is 826. The first-order valence-corrected chi connectivity index (χ1v) is 8.09. The van der Waals surface area contributed by atoms with E-state index in [9.17, 15) is 0 Å². The lowest BCUT2D eigenvalue weighted by atomic mass is 10.1. The second-order valence-corrected chi connectivity index (χ2v) is 5.96. The Morgan fingerprint density at radius 2 is 1.83 bits per heavy atom. The van der Waals surface area contributed by atoms with Crippen molar-refractivity contribution in [2.24, 2.45) is 0 Å². The van der Waals surface area contributed by atoms with E-state index in [-0.39, 0.29) is 0 Å². The van der Waals surface area contributed by atoms with Crippen LogP contribution in [0.15, 0.2) is 54.6 Å². The zero-order chi connectivity index (χ0) is 15.6. The molecule has 0 unspecified atom stereocenters. The van der Waals surface area contributed by atoms with Crippen LogP contribution in [0.1, 0.15) is 11.3 Å². The van der Waals surface area contributed by atoms with Gasteiger partial charge in [-0.25, -0.2) is 4.68 Å². The molecule has 2 aromatic carbocycles. The van der Waals surface area contributed by atoms with Crippen LogP contribution in [-0.2, 0) is 13.0 Å². The number of halogens is 1. The van der Waals surface area contributed by atoms with Gasteiger partial charge in [0.2, 0.25) is 0 Å². The number of fused-ring (bicyclic) bond motifs is 1. The molecule has 0 aliphatic carbocycles. The maximum Gasteiger partial charge on any atom is 0.157 e.